The molecule has 1 aliphatic heterocycles. The van der Waals surface area contributed by atoms with E-state index in [1.54, 1.807) is 0 Å². The molecule has 2 N–H and O–H groups in total. The number of rotatable bonds is 1. The molecule has 0 fully saturated rings. The van der Waals surface area contributed by atoms with Crippen molar-refractivity contribution in [1.29, 1.82) is 0 Å². The SMILES string of the molecule is Cc1ccc2c(c1)cc1n2CC(CN)CC1. The normalized spacial score (nSPS) is 20.0. The Labute approximate surface area is 96.1 Å². The van der Waals surface area contributed by atoms with Gasteiger partial charge in [0, 0.05) is 23.1 Å². The van der Waals surface area contributed by atoms with Crippen molar-refractivity contribution in [3.63, 3.8) is 0 Å². The smallest absolute Gasteiger partial charge is 0.0482 e. The topological polar surface area (TPSA) is 30.9 Å². The molecule has 0 radical (unpaired) electrons. The molecular formula is C14H18N2. The second-order valence-corrected chi connectivity index (χ2v) is 4.95. The molecule has 0 aliphatic carbocycles. The maximum absolute atomic E-state index is 5.78. The van der Waals surface area contributed by atoms with Crippen molar-refractivity contribution in [2.75, 3.05) is 6.54 Å². The van der Waals surface area contributed by atoms with Gasteiger partial charge in [-0.15, -0.1) is 0 Å². The number of benzene rings is 1. The van der Waals surface area contributed by atoms with Crippen LogP contribution < -0.4 is 5.73 Å². The van der Waals surface area contributed by atoms with Crippen molar-refractivity contribution in [2.45, 2.75) is 26.3 Å². The molecule has 16 heavy (non-hydrogen) atoms. The molecule has 2 heteroatoms. The first kappa shape index (κ1) is 9.91. The predicted octanol–water partition coefficient (Wildman–Crippen LogP) is 2.47. The maximum atomic E-state index is 5.78. The lowest BCUT2D eigenvalue weighted by Crippen LogP contribution is -2.25. The highest BCUT2D eigenvalue weighted by Crippen LogP contribution is 2.28. The molecular weight excluding hydrogens is 196 g/mol. The average Bonchev–Trinajstić information content (AvgIpc) is 2.65. The number of hydrogen-bond donors (Lipinski definition) is 1. The molecule has 1 aliphatic rings. The van der Waals surface area contributed by atoms with Gasteiger partial charge in [-0.1, -0.05) is 11.6 Å². The van der Waals surface area contributed by atoms with Crippen LogP contribution in [0.5, 0.6) is 0 Å². The Balaban J connectivity index is 2.14. The van der Waals surface area contributed by atoms with E-state index in [0.29, 0.717) is 5.92 Å². The van der Waals surface area contributed by atoms with E-state index in [2.05, 4.69) is 35.8 Å². The first-order valence-electron chi connectivity index (χ1n) is 6.07. The van der Waals surface area contributed by atoms with Crippen LogP contribution >= 0.6 is 0 Å². The second-order valence-electron chi connectivity index (χ2n) is 4.95. The molecule has 2 aromatic rings. The van der Waals surface area contributed by atoms with Gasteiger partial charge in [-0.2, -0.15) is 0 Å². The molecule has 2 heterocycles. The fourth-order valence-electron chi connectivity index (χ4n) is 2.76. The standard InChI is InChI=1S/C14H18N2/c1-10-2-5-14-12(6-10)7-13-4-3-11(8-15)9-16(13)14/h2,5-7,11H,3-4,8-9,15H2,1H3. The Morgan fingerprint density at radius 2 is 2.25 bits per heavy atom. The molecule has 0 bridgehead atoms. The third-order valence-electron chi connectivity index (χ3n) is 3.73. The molecule has 0 spiro atoms. The summed E-state index contributed by atoms with van der Waals surface area (Å²) in [4.78, 5) is 0. The molecule has 0 amide bonds. The summed E-state index contributed by atoms with van der Waals surface area (Å²) in [5.74, 6) is 0.657. The quantitative estimate of drug-likeness (QED) is 0.776. The monoisotopic (exact) mass is 214 g/mol. The zero-order chi connectivity index (χ0) is 11.1. The van der Waals surface area contributed by atoms with Crippen molar-refractivity contribution in [3.05, 3.63) is 35.5 Å². The van der Waals surface area contributed by atoms with Crippen LogP contribution in [-0.2, 0) is 13.0 Å². The van der Waals surface area contributed by atoms with Gasteiger partial charge in [0.2, 0.25) is 0 Å². The van der Waals surface area contributed by atoms with E-state index in [1.165, 1.54) is 35.0 Å². The van der Waals surface area contributed by atoms with Crippen molar-refractivity contribution in [2.24, 2.45) is 11.7 Å². The van der Waals surface area contributed by atoms with Crippen LogP contribution in [0.15, 0.2) is 24.3 Å². The molecule has 1 atom stereocenters. The van der Waals surface area contributed by atoms with Crippen molar-refractivity contribution >= 4 is 10.9 Å². The van der Waals surface area contributed by atoms with Gasteiger partial charge < -0.3 is 10.3 Å². The van der Waals surface area contributed by atoms with Gasteiger partial charge >= 0.3 is 0 Å². The van der Waals surface area contributed by atoms with Crippen molar-refractivity contribution < 1.29 is 0 Å². The molecule has 2 nitrogen and oxygen atoms in total. The van der Waals surface area contributed by atoms with E-state index in [1.807, 2.05) is 0 Å². The van der Waals surface area contributed by atoms with Crippen molar-refractivity contribution in [3.8, 4) is 0 Å². The largest absolute Gasteiger partial charge is 0.344 e. The lowest BCUT2D eigenvalue weighted by Gasteiger charge is -2.24. The molecule has 1 unspecified atom stereocenters. The van der Waals surface area contributed by atoms with Gasteiger partial charge in [0.15, 0.2) is 0 Å². The molecule has 1 aromatic heterocycles. The van der Waals surface area contributed by atoms with Gasteiger partial charge in [0.1, 0.15) is 0 Å². The van der Waals surface area contributed by atoms with Gasteiger partial charge in [0.25, 0.3) is 0 Å². The highest BCUT2D eigenvalue weighted by Gasteiger charge is 2.19. The maximum Gasteiger partial charge on any atom is 0.0482 e. The summed E-state index contributed by atoms with van der Waals surface area (Å²) in [5.41, 5.74) is 9.97. The first-order chi connectivity index (χ1) is 7.78. The first-order valence-corrected chi connectivity index (χ1v) is 6.07. The minimum Gasteiger partial charge on any atom is -0.344 e. The Bertz CT molecular complexity index is 525. The Morgan fingerprint density at radius 3 is 3.06 bits per heavy atom. The van der Waals surface area contributed by atoms with E-state index in [-0.39, 0.29) is 0 Å². The van der Waals surface area contributed by atoms with Crippen LogP contribution in [-0.4, -0.2) is 11.1 Å². The zero-order valence-corrected chi connectivity index (χ0v) is 9.74. The van der Waals surface area contributed by atoms with Crippen LogP contribution in [0.2, 0.25) is 0 Å². The number of aromatic nitrogens is 1. The Hall–Kier alpha value is -1.28. The van der Waals surface area contributed by atoms with Crippen LogP contribution in [0.25, 0.3) is 10.9 Å². The zero-order valence-electron chi connectivity index (χ0n) is 9.74. The van der Waals surface area contributed by atoms with E-state index in [0.717, 1.165) is 13.1 Å². The van der Waals surface area contributed by atoms with Gasteiger partial charge in [-0.05, 0) is 50.4 Å². The predicted molar refractivity (Wildman–Crippen MR) is 67.5 cm³/mol. The summed E-state index contributed by atoms with van der Waals surface area (Å²) in [5, 5.41) is 1.38. The van der Waals surface area contributed by atoms with Crippen molar-refractivity contribution in [1.82, 2.24) is 4.57 Å². The van der Waals surface area contributed by atoms with Crippen LogP contribution in [0.3, 0.4) is 0 Å². The van der Waals surface area contributed by atoms with Gasteiger partial charge in [-0.25, -0.2) is 0 Å². The molecule has 0 saturated heterocycles. The highest BCUT2D eigenvalue weighted by molar-refractivity contribution is 5.82. The lowest BCUT2D eigenvalue weighted by molar-refractivity contribution is 0.385. The Morgan fingerprint density at radius 1 is 1.38 bits per heavy atom. The Kier molecular flexibility index (Phi) is 2.25. The van der Waals surface area contributed by atoms with Gasteiger partial charge in [0.05, 0.1) is 0 Å². The molecule has 3 rings (SSSR count). The molecule has 84 valence electrons. The fourth-order valence-corrected chi connectivity index (χ4v) is 2.76. The van der Waals surface area contributed by atoms with E-state index in [9.17, 15) is 0 Å². The number of nitrogens with zero attached hydrogens (tertiary/aromatic N) is 1. The summed E-state index contributed by atoms with van der Waals surface area (Å²) in [6, 6.07) is 9.06. The number of fused-ring (bicyclic) bond motifs is 3. The summed E-state index contributed by atoms with van der Waals surface area (Å²) in [7, 11) is 0. The summed E-state index contributed by atoms with van der Waals surface area (Å²) in [6.45, 7) is 4.06. The number of nitrogens with two attached hydrogens (primary N) is 1. The number of hydrogen-bond acceptors (Lipinski definition) is 1. The third-order valence-corrected chi connectivity index (χ3v) is 3.73. The average molecular weight is 214 g/mol. The number of aryl methyl sites for hydroxylation is 2. The van der Waals surface area contributed by atoms with Crippen LogP contribution in [0.4, 0.5) is 0 Å². The molecule has 1 aromatic carbocycles. The molecule has 0 saturated carbocycles. The minimum atomic E-state index is 0.657. The van der Waals surface area contributed by atoms with Gasteiger partial charge in [-0.3, -0.25) is 0 Å². The second kappa shape index (κ2) is 3.63. The third kappa shape index (κ3) is 1.45. The fraction of sp³-hybridized carbons (Fsp3) is 0.429. The summed E-state index contributed by atoms with van der Waals surface area (Å²) >= 11 is 0. The lowest BCUT2D eigenvalue weighted by atomic mass is 9.98. The van der Waals surface area contributed by atoms with E-state index >= 15 is 0 Å². The van der Waals surface area contributed by atoms with E-state index < -0.39 is 0 Å². The summed E-state index contributed by atoms with van der Waals surface area (Å²) < 4.78 is 2.45. The van der Waals surface area contributed by atoms with Crippen LogP contribution in [0.1, 0.15) is 17.7 Å². The summed E-state index contributed by atoms with van der Waals surface area (Å²) in [6.07, 6.45) is 2.42. The van der Waals surface area contributed by atoms with Crippen LogP contribution in [0, 0.1) is 12.8 Å². The highest BCUT2D eigenvalue weighted by atomic mass is 15.0. The van der Waals surface area contributed by atoms with E-state index in [4.69, 9.17) is 5.73 Å². The minimum absolute atomic E-state index is 0.657.